The fraction of sp³-hybridized carbons (Fsp3) is 0.211. The van der Waals surface area contributed by atoms with Gasteiger partial charge >= 0.3 is 99.2 Å². The molecule has 5 aromatic rings. The van der Waals surface area contributed by atoms with E-state index in [0.717, 1.165) is 19.3 Å². The van der Waals surface area contributed by atoms with Gasteiger partial charge in [-0.05, 0) is 12.8 Å². The first-order valence-electron chi connectivity index (χ1n) is 14.4. The van der Waals surface area contributed by atoms with Crippen LogP contribution in [0, 0.1) is 6.08 Å². The number of benzene rings is 4. The summed E-state index contributed by atoms with van der Waals surface area (Å²) < 4.78 is 1.42. The van der Waals surface area contributed by atoms with Gasteiger partial charge in [0.25, 0.3) is 0 Å². The molecular formula is C38H40SiZr. The number of hydrogen-bond donors (Lipinski definition) is 0. The summed E-state index contributed by atoms with van der Waals surface area (Å²) in [5.41, 5.74) is 5.50. The van der Waals surface area contributed by atoms with Crippen molar-refractivity contribution in [1.29, 1.82) is 0 Å². The maximum absolute atomic E-state index is 3.36. The zero-order valence-electron chi connectivity index (χ0n) is 24.6. The van der Waals surface area contributed by atoms with E-state index in [2.05, 4.69) is 155 Å². The first-order valence-corrected chi connectivity index (χ1v) is 19.1. The van der Waals surface area contributed by atoms with E-state index in [1.54, 1.807) is 0 Å². The van der Waals surface area contributed by atoms with Crippen LogP contribution in [0.2, 0.25) is 19.6 Å². The predicted octanol–water partition coefficient (Wildman–Crippen LogP) is 10.2. The van der Waals surface area contributed by atoms with E-state index in [4.69, 9.17) is 0 Å². The first-order chi connectivity index (χ1) is 19.3. The van der Waals surface area contributed by atoms with Gasteiger partial charge in [0, 0.05) is 8.07 Å². The van der Waals surface area contributed by atoms with Gasteiger partial charge in [-0.25, -0.2) is 11.3 Å². The van der Waals surface area contributed by atoms with Crippen molar-refractivity contribution in [2.45, 2.75) is 52.8 Å². The molecule has 1 aliphatic carbocycles. The second-order valence-electron chi connectivity index (χ2n) is 11.2. The number of rotatable bonds is 5. The second-order valence-corrected chi connectivity index (χ2v) is 17.5. The number of aryl methyl sites for hydroxylation is 2. The molecule has 5 aromatic carbocycles. The van der Waals surface area contributed by atoms with Gasteiger partial charge in [0.1, 0.15) is 0 Å². The topological polar surface area (TPSA) is 0 Å². The Bertz CT molecular complexity index is 1510. The molecule has 0 N–H and O–H groups in total. The molecule has 40 heavy (non-hydrogen) atoms. The molecule has 1 aliphatic rings. The molecule has 2 heteroatoms. The van der Waals surface area contributed by atoms with Crippen molar-refractivity contribution >= 4 is 32.8 Å². The van der Waals surface area contributed by atoms with Crippen LogP contribution in [0.4, 0.5) is 0 Å². The van der Waals surface area contributed by atoms with E-state index in [-0.39, 0.29) is 0 Å². The normalized spacial score (nSPS) is 12.4. The molecule has 0 fully saturated rings. The summed E-state index contributed by atoms with van der Waals surface area (Å²) >= 11 is 1.46. The van der Waals surface area contributed by atoms with Gasteiger partial charge in [0.05, 0.1) is 0 Å². The first kappa shape index (κ1) is 30.2. The molecule has 0 aliphatic heterocycles. The molecule has 0 radical (unpaired) electrons. The van der Waals surface area contributed by atoms with Crippen LogP contribution in [0.5, 0.6) is 0 Å². The second kappa shape index (κ2) is 14.2. The van der Waals surface area contributed by atoms with Crippen LogP contribution < -0.4 is 0 Å². The SMILES string of the molecule is CCc1ccc2c(c1)[cH-]c1cc(CC)ccc12.C[Si](C)(C)C1=[C-]CC=C1.[Zr+2]=[C](c1ccccc1)c1ccccc1. The van der Waals surface area contributed by atoms with E-state index >= 15 is 0 Å². The summed E-state index contributed by atoms with van der Waals surface area (Å²) in [6.45, 7) is 11.5. The molecule has 0 saturated heterocycles. The van der Waals surface area contributed by atoms with Crippen LogP contribution in [0.15, 0.2) is 120 Å². The fourth-order valence-electron chi connectivity index (χ4n) is 4.86. The van der Waals surface area contributed by atoms with E-state index in [9.17, 15) is 0 Å². The molecule has 200 valence electrons. The molecule has 0 heterocycles. The monoisotopic (exact) mass is 614 g/mol. The Kier molecular flexibility index (Phi) is 10.7. The predicted molar refractivity (Wildman–Crippen MR) is 176 cm³/mol. The molecule has 0 spiro atoms. The summed E-state index contributed by atoms with van der Waals surface area (Å²) in [7, 11) is -1.01. The minimum atomic E-state index is -1.01. The Balaban J connectivity index is 0.000000146. The Morgan fingerprint density at radius 2 is 1.20 bits per heavy atom. The Hall–Kier alpha value is -2.80. The number of fused-ring (bicyclic) bond motifs is 3. The van der Waals surface area contributed by atoms with Crippen molar-refractivity contribution in [3.63, 3.8) is 0 Å². The number of hydrogen-bond acceptors (Lipinski definition) is 0. The third-order valence-corrected chi connectivity index (χ3v) is 10.7. The third-order valence-electron chi connectivity index (χ3n) is 7.28. The standard InChI is InChI=1S/C17H17.C13H10.C8H13Si.Zr/c1-3-12-5-7-16-14(9-12)11-15-10-13(4-2)6-8-17(15)16;1-3-7-12(8-4-1)11-13-9-5-2-6-10-13;1-9(2,3)8-6-4-5-7-8;/h5-11H,3-4H2,1-2H3;1-10H;4,6H,5H2,1-3H3;/q-1;;-1;+2. The number of allylic oxidation sites excluding steroid dienone is 4. The molecule has 0 nitrogen and oxygen atoms in total. The van der Waals surface area contributed by atoms with E-state index < -0.39 is 8.07 Å². The van der Waals surface area contributed by atoms with Gasteiger partial charge in [0.15, 0.2) is 0 Å². The van der Waals surface area contributed by atoms with Crippen LogP contribution in [0.3, 0.4) is 0 Å². The van der Waals surface area contributed by atoms with E-state index in [1.165, 1.54) is 76.4 Å². The van der Waals surface area contributed by atoms with Gasteiger partial charge in [0.2, 0.25) is 0 Å². The van der Waals surface area contributed by atoms with Gasteiger partial charge in [-0.3, -0.25) is 6.08 Å². The molecular weight excluding hydrogens is 576 g/mol. The average molecular weight is 616 g/mol. The Labute approximate surface area is 257 Å². The molecule has 0 aromatic heterocycles. The quantitative estimate of drug-likeness (QED) is 0.136. The van der Waals surface area contributed by atoms with Gasteiger partial charge in [-0.2, -0.15) is 6.08 Å². The van der Waals surface area contributed by atoms with Crippen molar-refractivity contribution in [3.8, 4) is 0 Å². The zero-order valence-corrected chi connectivity index (χ0v) is 28.0. The zero-order chi connectivity index (χ0) is 28.5. The molecule has 0 bridgehead atoms. The summed E-state index contributed by atoms with van der Waals surface area (Å²) in [6.07, 6.45) is 11.0. The summed E-state index contributed by atoms with van der Waals surface area (Å²) in [5.74, 6) is 0. The van der Waals surface area contributed by atoms with Crippen molar-refractivity contribution in [2.75, 3.05) is 0 Å². The van der Waals surface area contributed by atoms with Gasteiger partial charge in [-0.15, -0.1) is 46.2 Å². The van der Waals surface area contributed by atoms with Gasteiger partial charge < -0.3 is 0 Å². The van der Waals surface area contributed by atoms with Crippen LogP contribution in [0.25, 0.3) is 21.5 Å². The van der Waals surface area contributed by atoms with Crippen molar-refractivity contribution in [3.05, 3.63) is 149 Å². The van der Waals surface area contributed by atoms with Crippen LogP contribution in [0.1, 0.15) is 42.5 Å². The van der Waals surface area contributed by atoms with Crippen molar-refractivity contribution in [2.24, 2.45) is 0 Å². The van der Waals surface area contributed by atoms with Crippen molar-refractivity contribution < 1.29 is 24.2 Å². The van der Waals surface area contributed by atoms with Crippen LogP contribution in [-0.4, -0.2) is 11.3 Å². The maximum atomic E-state index is 3.36. The average Bonchev–Trinajstić information content (AvgIpc) is 3.66. The molecule has 0 atom stereocenters. The molecule has 6 rings (SSSR count). The Morgan fingerprint density at radius 1 is 0.725 bits per heavy atom. The minimum absolute atomic E-state index is 1.01. The fourth-order valence-corrected chi connectivity index (χ4v) is 6.93. The van der Waals surface area contributed by atoms with Crippen LogP contribution >= 0.6 is 0 Å². The third kappa shape index (κ3) is 7.90. The molecule has 0 amide bonds. The van der Waals surface area contributed by atoms with E-state index in [1.807, 2.05) is 0 Å². The van der Waals surface area contributed by atoms with Crippen LogP contribution in [-0.2, 0) is 37.1 Å². The van der Waals surface area contributed by atoms with E-state index in [0.29, 0.717) is 0 Å². The summed E-state index contributed by atoms with van der Waals surface area (Å²) in [5, 5.41) is 7.03. The molecule has 0 unspecified atom stereocenters. The Morgan fingerprint density at radius 3 is 1.55 bits per heavy atom. The van der Waals surface area contributed by atoms with Crippen molar-refractivity contribution in [1.82, 2.24) is 0 Å². The molecule has 0 saturated carbocycles. The summed E-state index contributed by atoms with van der Waals surface area (Å²) in [4.78, 5) is 0. The van der Waals surface area contributed by atoms with Gasteiger partial charge in [-0.1, -0.05) is 68.9 Å². The summed E-state index contributed by atoms with van der Waals surface area (Å²) in [6, 6.07) is 37.1.